The first-order valence-corrected chi connectivity index (χ1v) is 9.59. The van der Waals surface area contributed by atoms with E-state index in [1.165, 1.54) is 43.4 Å². The molecule has 0 unspecified atom stereocenters. The van der Waals surface area contributed by atoms with Crippen LogP contribution in [0.5, 0.6) is 0 Å². The molecule has 0 saturated carbocycles. The Labute approximate surface area is 156 Å². The minimum Gasteiger partial charge on any atom is -0.464 e. The Balaban J connectivity index is 2.13. The van der Waals surface area contributed by atoms with Gasteiger partial charge in [-0.25, -0.2) is 0 Å². The van der Waals surface area contributed by atoms with Crippen molar-refractivity contribution in [2.45, 2.75) is 58.3 Å². The maximum atomic E-state index is 12.2. The number of carbonyl (C=O) groups is 2. The molecule has 4 nitrogen and oxygen atoms in total. The number of likely N-dealkylation sites (N-methyl/N-ethyl adjacent to an activating group) is 1. The Morgan fingerprint density at radius 2 is 1.52 bits per heavy atom. The van der Waals surface area contributed by atoms with E-state index in [1.807, 2.05) is 0 Å². The average Bonchev–Trinajstić information content (AvgIpc) is 2.60. The molecule has 5 heteroatoms. The van der Waals surface area contributed by atoms with E-state index in [1.54, 1.807) is 31.3 Å². The lowest BCUT2D eigenvalue weighted by Crippen LogP contribution is -2.33. The van der Waals surface area contributed by atoms with Crippen LogP contribution >= 0.6 is 11.6 Å². The Bertz CT molecular complexity index is 516. The van der Waals surface area contributed by atoms with E-state index in [0.717, 1.165) is 12.8 Å². The highest BCUT2D eigenvalue weighted by molar-refractivity contribution is 6.30. The van der Waals surface area contributed by atoms with E-state index < -0.39 is 0 Å². The van der Waals surface area contributed by atoms with E-state index in [9.17, 15) is 9.59 Å². The summed E-state index contributed by atoms with van der Waals surface area (Å²) in [7, 11) is 1.59. The summed E-state index contributed by atoms with van der Waals surface area (Å²) < 4.78 is 5.21. The largest absolute Gasteiger partial charge is 0.464 e. The van der Waals surface area contributed by atoms with E-state index >= 15 is 0 Å². The molecule has 1 amide bonds. The first-order valence-electron chi connectivity index (χ1n) is 9.21. The Hall–Kier alpha value is -1.55. The van der Waals surface area contributed by atoms with Crippen molar-refractivity contribution in [3.05, 3.63) is 34.9 Å². The van der Waals surface area contributed by atoms with E-state index in [4.69, 9.17) is 16.3 Å². The number of rotatable bonds is 12. The molecule has 1 aromatic rings. The number of amides is 1. The quantitative estimate of drug-likeness (QED) is 0.381. The second-order valence-corrected chi connectivity index (χ2v) is 6.80. The molecular formula is C20H30ClNO3. The van der Waals surface area contributed by atoms with Crippen molar-refractivity contribution < 1.29 is 14.3 Å². The number of hydrogen-bond acceptors (Lipinski definition) is 3. The summed E-state index contributed by atoms with van der Waals surface area (Å²) >= 11 is 5.81. The van der Waals surface area contributed by atoms with Gasteiger partial charge in [0.15, 0.2) is 0 Å². The number of carbonyl (C=O) groups excluding carboxylic acids is 2. The predicted octanol–water partition coefficient (Wildman–Crippen LogP) is 5.10. The van der Waals surface area contributed by atoms with Crippen molar-refractivity contribution in [1.29, 1.82) is 0 Å². The number of hydrogen-bond donors (Lipinski definition) is 0. The highest BCUT2D eigenvalue weighted by Crippen LogP contribution is 2.11. The van der Waals surface area contributed by atoms with Crippen LogP contribution in [0.2, 0.25) is 5.02 Å². The molecule has 1 rings (SSSR count). The second kappa shape index (κ2) is 12.8. The Morgan fingerprint density at radius 1 is 0.960 bits per heavy atom. The van der Waals surface area contributed by atoms with Gasteiger partial charge in [-0.15, -0.1) is 0 Å². The molecule has 0 saturated heterocycles. The topological polar surface area (TPSA) is 46.6 Å². The van der Waals surface area contributed by atoms with Crippen LogP contribution in [-0.4, -0.2) is 37.0 Å². The van der Waals surface area contributed by atoms with Gasteiger partial charge in [0, 0.05) is 17.6 Å². The zero-order valence-corrected chi connectivity index (χ0v) is 16.2. The van der Waals surface area contributed by atoms with Gasteiger partial charge in [0.1, 0.15) is 6.54 Å². The SMILES string of the molecule is CCCCCCCCCCOC(=O)CN(C)C(=O)c1ccc(Cl)cc1. The molecule has 0 atom stereocenters. The zero-order valence-electron chi connectivity index (χ0n) is 15.4. The van der Waals surface area contributed by atoms with Gasteiger partial charge in [-0.05, 0) is 30.7 Å². The van der Waals surface area contributed by atoms with Crippen molar-refractivity contribution in [1.82, 2.24) is 4.90 Å². The molecule has 0 fully saturated rings. The number of benzene rings is 1. The van der Waals surface area contributed by atoms with Crippen LogP contribution in [0.3, 0.4) is 0 Å². The summed E-state index contributed by atoms with van der Waals surface area (Å²) in [6.07, 6.45) is 9.62. The van der Waals surface area contributed by atoms with Crippen molar-refractivity contribution in [3.63, 3.8) is 0 Å². The van der Waals surface area contributed by atoms with Crippen LogP contribution < -0.4 is 0 Å². The van der Waals surface area contributed by atoms with Crippen molar-refractivity contribution in [3.8, 4) is 0 Å². The van der Waals surface area contributed by atoms with Gasteiger partial charge in [-0.1, -0.05) is 63.5 Å². The number of ether oxygens (including phenoxy) is 1. The van der Waals surface area contributed by atoms with Crippen molar-refractivity contribution in [2.75, 3.05) is 20.2 Å². The fourth-order valence-electron chi connectivity index (χ4n) is 2.55. The molecule has 0 aromatic heterocycles. The fourth-order valence-corrected chi connectivity index (χ4v) is 2.67. The molecule has 0 aliphatic rings. The van der Waals surface area contributed by atoms with Crippen LogP contribution in [-0.2, 0) is 9.53 Å². The lowest BCUT2D eigenvalue weighted by molar-refractivity contribution is -0.144. The Morgan fingerprint density at radius 3 is 2.12 bits per heavy atom. The molecule has 0 radical (unpaired) electrons. The van der Waals surface area contributed by atoms with Gasteiger partial charge >= 0.3 is 5.97 Å². The number of nitrogens with zero attached hydrogens (tertiary/aromatic N) is 1. The number of unbranched alkanes of at least 4 members (excludes halogenated alkanes) is 7. The van der Waals surface area contributed by atoms with Gasteiger partial charge in [-0.2, -0.15) is 0 Å². The summed E-state index contributed by atoms with van der Waals surface area (Å²) in [4.78, 5) is 25.4. The summed E-state index contributed by atoms with van der Waals surface area (Å²) in [5, 5.41) is 0.573. The average molecular weight is 368 g/mol. The van der Waals surface area contributed by atoms with E-state index in [-0.39, 0.29) is 18.4 Å². The van der Waals surface area contributed by atoms with E-state index in [2.05, 4.69) is 6.92 Å². The van der Waals surface area contributed by atoms with Gasteiger partial charge < -0.3 is 9.64 Å². The van der Waals surface area contributed by atoms with Gasteiger partial charge in [-0.3, -0.25) is 9.59 Å². The Kier molecular flexibility index (Phi) is 11.0. The monoisotopic (exact) mass is 367 g/mol. The lowest BCUT2D eigenvalue weighted by atomic mass is 10.1. The molecule has 0 aliphatic carbocycles. The molecular weight excluding hydrogens is 338 g/mol. The molecule has 1 aromatic carbocycles. The van der Waals surface area contributed by atoms with Gasteiger partial charge in [0.25, 0.3) is 5.91 Å². The molecule has 25 heavy (non-hydrogen) atoms. The lowest BCUT2D eigenvalue weighted by Gasteiger charge is -2.16. The van der Waals surface area contributed by atoms with Crippen LogP contribution in [0, 0.1) is 0 Å². The third-order valence-corrected chi connectivity index (χ3v) is 4.32. The molecule has 0 heterocycles. The molecule has 0 bridgehead atoms. The van der Waals surface area contributed by atoms with Crippen molar-refractivity contribution >= 4 is 23.5 Å². The van der Waals surface area contributed by atoms with Crippen LogP contribution in [0.15, 0.2) is 24.3 Å². The molecule has 0 aliphatic heterocycles. The summed E-state index contributed by atoms with van der Waals surface area (Å²) in [5.41, 5.74) is 0.503. The third kappa shape index (κ3) is 9.49. The van der Waals surface area contributed by atoms with Crippen molar-refractivity contribution in [2.24, 2.45) is 0 Å². The summed E-state index contributed by atoms with van der Waals surface area (Å²) in [6, 6.07) is 6.60. The zero-order chi connectivity index (χ0) is 18.5. The number of esters is 1. The standard InChI is InChI=1S/C20H30ClNO3/c1-3-4-5-6-7-8-9-10-15-25-19(23)16-22(2)20(24)17-11-13-18(21)14-12-17/h11-14H,3-10,15-16H2,1-2H3. The molecule has 0 N–H and O–H groups in total. The highest BCUT2D eigenvalue weighted by atomic mass is 35.5. The fraction of sp³-hybridized carbons (Fsp3) is 0.600. The predicted molar refractivity (Wildman–Crippen MR) is 102 cm³/mol. The minimum absolute atomic E-state index is 0.0432. The first-order chi connectivity index (χ1) is 12.0. The van der Waals surface area contributed by atoms with Crippen LogP contribution in [0.25, 0.3) is 0 Å². The molecule has 0 spiro atoms. The number of halogens is 1. The minimum atomic E-state index is -0.368. The second-order valence-electron chi connectivity index (χ2n) is 6.36. The third-order valence-electron chi connectivity index (χ3n) is 4.07. The molecule has 140 valence electrons. The van der Waals surface area contributed by atoms with Gasteiger partial charge in [0.05, 0.1) is 6.61 Å². The van der Waals surface area contributed by atoms with E-state index in [0.29, 0.717) is 17.2 Å². The normalized spacial score (nSPS) is 10.5. The highest BCUT2D eigenvalue weighted by Gasteiger charge is 2.15. The first kappa shape index (κ1) is 21.5. The maximum Gasteiger partial charge on any atom is 0.325 e. The summed E-state index contributed by atoms with van der Waals surface area (Å²) in [6.45, 7) is 2.60. The van der Waals surface area contributed by atoms with Gasteiger partial charge in [0.2, 0.25) is 0 Å². The maximum absolute atomic E-state index is 12.2. The van der Waals surface area contributed by atoms with Crippen LogP contribution in [0.1, 0.15) is 68.6 Å². The van der Waals surface area contributed by atoms with Crippen LogP contribution in [0.4, 0.5) is 0 Å². The smallest absolute Gasteiger partial charge is 0.325 e. The summed E-state index contributed by atoms with van der Waals surface area (Å²) in [5.74, 6) is -0.589.